The highest BCUT2D eigenvalue weighted by Gasteiger charge is 2.37. The zero-order chi connectivity index (χ0) is 13.6. The number of benzene rings is 1. The van der Waals surface area contributed by atoms with E-state index in [0.29, 0.717) is 25.3 Å². The lowest BCUT2D eigenvalue weighted by atomic mass is 9.78. The van der Waals surface area contributed by atoms with E-state index >= 15 is 0 Å². The Bertz CT molecular complexity index is 550. The van der Waals surface area contributed by atoms with Gasteiger partial charge in [0.2, 0.25) is 0 Å². The van der Waals surface area contributed by atoms with E-state index < -0.39 is 0 Å². The van der Waals surface area contributed by atoms with Crippen LogP contribution < -0.4 is 15.2 Å². The topological polar surface area (TPSA) is 68.3 Å². The molecule has 0 bridgehead atoms. The van der Waals surface area contributed by atoms with Crippen molar-refractivity contribution in [2.24, 2.45) is 5.73 Å². The van der Waals surface area contributed by atoms with Crippen LogP contribution in [0.15, 0.2) is 0 Å². The van der Waals surface area contributed by atoms with Crippen LogP contribution in [0.4, 0.5) is 0 Å². The Morgan fingerprint density at radius 1 is 1.16 bits per heavy atom. The molecule has 0 saturated heterocycles. The van der Waals surface area contributed by atoms with Gasteiger partial charge in [0.15, 0.2) is 0 Å². The van der Waals surface area contributed by atoms with Gasteiger partial charge in [0.25, 0.3) is 0 Å². The largest absolute Gasteiger partial charge is 0.493 e. The molecule has 4 heteroatoms. The van der Waals surface area contributed by atoms with Gasteiger partial charge in [-0.25, -0.2) is 0 Å². The van der Waals surface area contributed by atoms with Crippen molar-refractivity contribution in [3.8, 4) is 17.6 Å². The lowest BCUT2D eigenvalue weighted by Crippen LogP contribution is -2.30. The third-order valence-corrected chi connectivity index (χ3v) is 4.10. The fourth-order valence-corrected chi connectivity index (χ4v) is 3.04. The number of rotatable bonds is 2. The molecule has 0 saturated carbocycles. The van der Waals surface area contributed by atoms with Crippen LogP contribution in [0.5, 0.6) is 11.5 Å². The van der Waals surface area contributed by atoms with Crippen molar-refractivity contribution in [3.63, 3.8) is 0 Å². The van der Waals surface area contributed by atoms with E-state index in [9.17, 15) is 5.26 Å². The van der Waals surface area contributed by atoms with Crippen molar-refractivity contribution < 1.29 is 9.47 Å². The lowest BCUT2D eigenvalue weighted by molar-refractivity contribution is 0.344. The molecule has 2 aliphatic rings. The molecule has 1 aromatic carbocycles. The SMILES string of the molecule is CC(C)(CN)c1c2c(c(C#N)c3c1OCC3)OCC2. The first-order chi connectivity index (χ1) is 9.10. The summed E-state index contributed by atoms with van der Waals surface area (Å²) in [5.41, 5.74) is 9.70. The second kappa shape index (κ2) is 4.14. The van der Waals surface area contributed by atoms with Gasteiger partial charge in [-0.05, 0) is 0 Å². The van der Waals surface area contributed by atoms with E-state index in [0.717, 1.165) is 41.0 Å². The van der Waals surface area contributed by atoms with Gasteiger partial charge in [-0.3, -0.25) is 0 Å². The van der Waals surface area contributed by atoms with Crippen LogP contribution in [0.1, 0.15) is 36.1 Å². The van der Waals surface area contributed by atoms with E-state index in [-0.39, 0.29) is 5.41 Å². The average molecular weight is 258 g/mol. The van der Waals surface area contributed by atoms with E-state index in [1.54, 1.807) is 0 Å². The van der Waals surface area contributed by atoms with Gasteiger partial charge in [0.05, 0.1) is 13.2 Å². The van der Waals surface area contributed by atoms with Crippen LogP contribution in [-0.2, 0) is 18.3 Å². The second-order valence-corrected chi connectivity index (χ2v) is 5.76. The Morgan fingerprint density at radius 2 is 1.79 bits per heavy atom. The quantitative estimate of drug-likeness (QED) is 0.876. The van der Waals surface area contributed by atoms with E-state index in [2.05, 4.69) is 19.9 Å². The number of ether oxygens (including phenoxy) is 2. The molecule has 0 unspecified atom stereocenters. The summed E-state index contributed by atoms with van der Waals surface area (Å²) in [5, 5.41) is 9.41. The molecule has 1 aromatic rings. The maximum absolute atomic E-state index is 9.41. The first-order valence-corrected chi connectivity index (χ1v) is 6.68. The smallest absolute Gasteiger partial charge is 0.141 e. The number of hydrogen-bond acceptors (Lipinski definition) is 4. The summed E-state index contributed by atoms with van der Waals surface area (Å²) < 4.78 is 11.5. The predicted molar refractivity (Wildman–Crippen MR) is 71.6 cm³/mol. The Morgan fingerprint density at radius 3 is 2.42 bits per heavy atom. The summed E-state index contributed by atoms with van der Waals surface area (Å²) in [5.74, 6) is 1.65. The molecule has 19 heavy (non-hydrogen) atoms. The molecular formula is C15H18N2O2. The molecule has 0 fully saturated rings. The standard InChI is InChI=1S/C15H18N2O2/c1-15(2,8-17)12-10-4-6-18-13(10)11(7-16)9-3-5-19-14(9)12/h3-6,8,17H2,1-2H3. The van der Waals surface area contributed by atoms with Gasteiger partial charge in [-0.15, -0.1) is 0 Å². The van der Waals surface area contributed by atoms with Crippen molar-refractivity contribution in [2.45, 2.75) is 32.1 Å². The average Bonchev–Trinajstić information content (AvgIpc) is 3.03. The van der Waals surface area contributed by atoms with Gasteiger partial charge < -0.3 is 15.2 Å². The van der Waals surface area contributed by atoms with Crippen LogP contribution in [0.3, 0.4) is 0 Å². The fraction of sp³-hybridized carbons (Fsp3) is 0.533. The minimum Gasteiger partial charge on any atom is -0.493 e. The third kappa shape index (κ3) is 1.62. The summed E-state index contributed by atoms with van der Waals surface area (Å²) in [4.78, 5) is 0. The number of hydrogen-bond donors (Lipinski definition) is 1. The maximum atomic E-state index is 9.41. The normalized spacial score (nSPS) is 16.3. The third-order valence-electron chi connectivity index (χ3n) is 4.10. The highest BCUT2D eigenvalue weighted by Crippen LogP contribution is 2.48. The van der Waals surface area contributed by atoms with E-state index in [4.69, 9.17) is 15.2 Å². The van der Waals surface area contributed by atoms with Crippen molar-refractivity contribution in [1.29, 1.82) is 5.26 Å². The minimum absolute atomic E-state index is 0.166. The molecule has 0 radical (unpaired) electrons. The van der Waals surface area contributed by atoms with Gasteiger partial charge in [-0.1, -0.05) is 13.8 Å². The number of nitrogens with two attached hydrogens (primary N) is 1. The monoisotopic (exact) mass is 258 g/mol. The molecule has 2 N–H and O–H groups in total. The Kier molecular flexibility index (Phi) is 2.68. The summed E-state index contributed by atoms with van der Waals surface area (Å²) >= 11 is 0. The molecule has 0 aromatic heterocycles. The van der Waals surface area contributed by atoms with Crippen LogP contribution in [0, 0.1) is 11.3 Å². The fourth-order valence-electron chi connectivity index (χ4n) is 3.04. The molecule has 4 nitrogen and oxygen atoms in total. The maximum Gasteiger partial charge on any atom is 0.141 e. The van der Waals surface area contributed by atoms with E-state index in [1.165, 1.54) is 0 Å². The van der Waals surface area contributed by atoms with Gasteiger partial charge in [0.1, 0.15) is 23.1 Å². The van der Waals surface area contributed by atoms with Crippen LogP contribution in [-0.4, -0.2) is 19.8 Å². The summed E-state index contributed by atoms with van der Waals surface area (Å²) in [6.45, 7) is 6.06. The predicted octanol–water partition coefficient (Wildman–Crippen LogP) is 1.66. The van der Waals surface area contributed by atoms with Crippen LogP contribution in [0.25, 0.3) is 0 Å². The molecular weight excluding hydrogens is 240 g/mol. The first kappa shape index (κ1) is 12.3. The zero-order valence-corrected chi connectivity index (χ0v) is 11.4. The van der Waals surface area contributed by atoms with Gasteiger partial charge in [0, 0.05) is 41.5 Å². The Balaban J connectivity index is 2.35. The van der Waals surface area contributed by atoms with Crippen molar-refractivity contribution in [2.75, 3.05) is 19.8 Å². The molecule has 0 amide bonds. The van der Waals surface area contributed by atoms with Gasteiger partial charge >= 0.3 is 0 Å². The van der Waals surface area contributed by atoms with Crippen LogP contribution >= 0.6 is 0 Å². The Labute approximate surface area is 113 Å². The molecule has 0 aliphatic carbocycles. The van der Waals surface area contributed by atoms with Crippen LogP contribution in [0.2, 0.25) is 0 Å². The number of fused-ring (bicyclic) bond motifs is 2. The Hall–Kier alpha value is -1.73. The molecule has 100 valence electrons. The molecule has 2 aliphatic heterocycles. The first-order valence-electron chi connectivity index (χ1n) is 6.68. The summed E-state index contributed by atoms with van der Waals surface area (Å²) in [7, 11) is 0. The molecule has 3 rings (SSSR count). The van der Waals surface area contributed by atoms with Crippen molar-refractivity contribution in [1.82, 2.24) is 0 Å². The number of nitrogens with zero attached hydrogens (tertiary/aromatic N) is 1. The summed E-state index contributed by atoms with van der Waals surface area (Å²) in [6, 6.07) is 2.29. The highest BCUT2D eigenvalue weighted by molar-refractivity contribution is 5.67. The molecule has 0 spiro atoms. The molecule has 2 heterocycles. The lowest BCUT2D eigenvalue weighted by Gasteiger charge is -2.28. The number of nitriles is 1. The molecule has 0 atom stereocenters. The van der Waals surface area contributed by atoms with Crippen molar-refractivity contribution in [3.05, 3.63) is 22.3 Å². The zero-order valence-electron chi connectivity index (χ0n) is 11.4. The highest BCUT2D eigenvalue weighted by atomic mass is 16.5. The minimum atomic E-state index is -0.166. The van der Waals surface area contributed by atoms with Crippen molar-refractivity contribution >= 4 is 0 Å². The van der Waals surface area contributed by atoms with Gasteiger partial charge in [-0.2, -0.15) is 5.26 Å². The summed E-state index contributed by atoms with van der Waals surface area (Å²) in [6.07, 6.45) is 1.61. The van der Waals surface area contributed by atoms with E-state index in [1.807, 2.05) is 0 Å². The second-order valence-electron chi connectivity index (χ2n) is 5.76.